The maximum absolute atomic E-state index is 14.3. The van der Waals surface area contributed by atoms with E-state index in [4.69, 9.17) is 11.6 Å². The standard InChI is InChI=1S/C23H25ClF3NO4.C2H6.C2H4/c1-13(2)20(12-29)28-11-17(23(31)32-27)22(30)16(19(28)7-8-25)10-14(3)9-15-5-4-6-18(24)21(15)26;2*1-2/h4-7,10-11,13-14,20,29H,8-9,12H2,1-3H3;1-2H3;1-2H2/b16-10+,19-7+;;. The van der Waals surface area contributed by atoms with Gasteiger partial charge in [-0.25, -0.2) is 18.5 Å². The molecule has 1 N–H and O–H groups in total. The summed E-state index contributed by atoms with van der Waals surface area (Å²) < 4.78 is 41.7. The van der Waals surface area contributed by atoms with Gasteiger partial charge in [0.1, 0.15) is 18.1 Å². The third-order valence-electron chi connectivity index (χ3n) is 5.21. The van der Waals surface area contributed by atoms with E-state index in [9.17, 15) is 28.0 Å². The quantitative estimate of drug-likeness (QED) is 0.483. The van der Waals surface area contributed by atoms with E-state index in [2.05, 4.69) is 18.1 Å². The van der Waals surface area contributed by atoms with Crippen LogP contribution in [-0.4, -0.2) is 28.9 Å². The second-order valence-corrected chi connectivity index (χ2v) is 8.26. The highest BCUT2D eigenvalue weighted by atomic mass is 35.5. The van der Waals surface area contributed by atoms with Crippen molar-refractivity contribution in [1.29, 1.82) is 0 Å². The van der Waals surface area contributed by atoms with Crippen molar-refractivity contribution in [2.24, 2.45) is 11.8 Å². The van der Waals surface area contributed by atoms with E-state index in [1.54, 1.807) is 32.9 Å². The van der Waals surface area contributed by atoms with Crippen LogP contribution in [0.3, 0.4) is 0 Å². The van der Waals surface area contributed by atoms with E-state index in [0.29, 0.717) is 5.56 Å². The van der Waals surface area contributed by atoms with Crippen LogP contribution in [0.5, 0.6) is 0 Å². The van der Waals surface area contributed by atoms with Gasteiger partial charge in [0.05, 0.1) is 23.0 Å². The molecule has 0 aliphatic rings. The molecule has 1 heterocycles. The number of aromatic nitrogens is 1. The van der Waals surface area contributed by atoms with Crippen molar-refractivity contribution < 1.29 is 28.1 Å². The Labute approximate surface area is 215 Å². The van der Waals surface area contributed by atoms with Crippen LogP contribution in [0.4, 0.5) is 13.3 Å². The van der Waals surface area contributed by atoms with Crippen LogP contribution in [0.15, 0.2) is 42.3 Å². The molecule has 2 unspecified atom stereocenters. The molecule has 2 aromatic rings. The van der Waals surface area contributed by atoms with Crippen LogP contribution in [0, 0.1) is 17.7 Å². The molecule has 1 aromatic heterocycles. The summed E-state index contributed by atoms with van der Waals surface area (Å²) in [4.78, 5) is 28.2. The van der Waals surface area contributed by atoms with Crippen LogP contribution in [0.2, 0.25) is 5.02 Å². The summed E-state index contributed by atoms with van der Waals surface area (Å²) in [6.07, 6.45) is 3.82. The van der Waals surface area contributed by atoms with Crippen LogP contribution in [0.25, 0.3) is 12.2 Å². The second kappa shape index (κ2) is 16.8. The highest BCUT2D eigenvalue weighted by molar-refractivity contribution is 6.30. The number of pyridine rings is 1. The first-order chi connectivity index (χ1) is 17.2. The Bertz CT molecular complexity index is 1160. The van der Waals surface area contributed by atoms with Crippen molar-refractivity contribution in [3.8, 4) is 0 Å². The molecule has 0 saturated carbocycles. The van der Waals surface area contributed by atoms with Crippen LogP contribution in [0.1, 0.15) is 56.6 Å². The van der Waals surface area contributed by atoms with E-state index in [1.165, 1.54) is 16.7 Å². The number of hydrogen-bond acceptors (Lipinski definition) is 4. The number of rotatable bonds is 8. The molecule has 0 radical (unpaired) electrons. The summed E-state index contributed by atoms with van der Waals surface area (Å²) in [5, 5.41) is 9.87. The molecule has 2 atom stereocenters. The second-order valence-electron chi connectivity index (χ2n) is 7.86. The number of alkyl halides is 1. The molecule has 200 valence electrons. The number of nitrogens with zero attached hydrogens (tertiary/aromatic N) is 1. The summed E-state index contributed by atoms with van der Waals surface area (Å²) in [5.41, 5.74) is -1.15. The van der Waals surface area contributed by atoms with Crippen molar-refractivity contribution >= 4 is 29.7 Å². The monoisotopic (exact) mass is 529 g/mol. The molecule has 0 spiro atoms. The Morgan fingerprint density at radius 3 is 2.36 bits per heavy atom. The molecule has 5 nitrogen and oxygen atoms in total. The lowest BCUT2D eigenvalue weighted by molar-refractivity contribution is -0.0790. The predicted octanol–water partition coefficient (Wildman–Crippen LogP) is 5.11. The summed E-state index contributed by atoms with van der Waals surface area (Å²) in [5.74, 6) is -2.70. The summed E-state index contributed by atoms with van der Waals surface area (Å²) >= 11 is 5.83. The Morgan fingerprint density at radius 1 is 1.25 bits per heavy atom. The molecule has 0 amide bonds. The largest absolute Gasteiger partial charge is 0.394 e. The van der Waals surface area contributed by atoms with Gasteiger partial charge in [-0.1, -0.05) is 64.4 Å². The van der Waals surface area contributed by atoms with E-state index in [-0.39, 0.29) is 34.5 Å². The number of carbonyl (C=O) groups excluding carboxylic acids is 1. The fourth-order valence-corrected chi connectivity index (χ4v) is 3.79. The average Bonchev–Trinajstić information content (AvgIpc) is 2.87. The lowest BCUT2D eigenvalue weighted by Gasteiger charge is -2.24. The summed E-state index contributed by atoms with van der Waals surface area (Å²) in [6, 6.07) is 3.92. The minimum atomic E-state index is -1.50. The Balaban J connectivity index is 0.00000291. The van der Waals surface area contributed by atoms with Crippen molar-refractivity contribution in [3.05, 3.63) is 80.3 Å². The molecule has 0 saturated heterocycles. The van der Waals surface area contributed by atoms with E-state index in [0.717, 1.165) is 12.3 Å². The SMILES string of the molecule is C=C.CC.CC(/C=c1/c(=O)c(C(=O)OF)cn(C(CO)C(C)C)/c1=C/CF)Cc1cccc(Cl)c1F. The number of halogens is 4. The lowest BCUT2D eigenvalue weighted by atomic mass is 9.98. The van der Waals surface area contributed by atoms with E-state index in [1.807, 2.05) is 13.8 Å². The topological polar surface area (TPSA) is 68.5 Å². The Kier molecular flexibility index (Phi) is 15.4. The molecule has 0 bridgehead atoms. The molecule has 2 rings (SSSR count). The predicted molar refractivity (Wildman–Crippen MR) is 139 cm³/mol. The molecule has 1 aromatic carbocycles. The summed E-state index contributed by atoms with van der Waals surface area (Å²) in [7, 11) is 0. The van der Waals surface area contributed by atoms with Gasteiger partial charge in [-0.15, -0.1) is 13.2 Å². The zero-order chi connectivity index (χ0) is 28.0. The van der Waals surface area contributed by atoms with Gasteiger partial charge < -0.3 is 9.67 Å². The Morgan fingerprint density at radius 2 is 1.86 bits per heavy atom. The van der Waals surface area contributed by atoms with E-state index < -0.39 is 41.4 Å². The minimum Gasteiger partial charge on any atom is -0.394 e. The van der Waals surface area contributed by atoms with Gasteiger partial charge in [-0.3, -0.25) is 4.79 Å². The first-order valence-electron chi connectivity index (χ1n) is 11.6. The fourth-order valence-electron chi connectivity index (χ4n) is 3.60. The number of benzene rings is 1. The van der Waals surface area contributed by atoms with Gasteiger partial charge in [0.15, 0.2) is 0 Å². The van der Waals surface area contributed by atoms with Crippen molar-refractivity contribution in [1.82, 2.24) is 4.57 Å². The van der Waals surface area contributed by atoms with Crippen LogP contribution in [-0.2, 0) is 11.4 Å². The van der Waals surface area contributed by atoms with Gasteiger partial charge in [0.25, 0.3) is 0 Å². The molecule has 9 heteroatoms. The molecular weight excluding hydrogens is 495 g/mol. The normalized spacial score (nSPS) is 13.3. The average molecular weight is 530 g/mol. The van der Waals surface area contributed by atoms with Crippen molar-refractivity contribution in [2.75, 3.05) is 13.3 Å². The highest BCUT2D eigenvalue weighted by Gasteiger charge is 2.22. The van der Waals surface area contributed by atoms with Crippen molar-refractivity contribution in [2.45, 2.75) is 47.1 Å². The molecular formula is C27H35ClF3NO4. The zero-order valence-electron chi connectivity index (χ0n) is 21.4. The van der Waals surface area contributed by atoms with E-state index >= 15 is 0 Å². The lowest BCUT2D eigenvalue weighted by Crippen LogP contribution is -2.50. The Hall–Kier alpha value is -2.84. The number of aliphatic hydroxyl groups is 1. The number of carbonyl (C=O) groups is 1. The molecule has 0 aliphatic carbocycles. The molecule has 36 heavy (non-hydrogen) atoms. The molecule has 0 fully saturated rings. The fraction of sp³-hybridized carbons (Fsp3) is 0.407. The maximum Gasteiger partial charge on any atom is 0.384 e. The van der Waals surface area contributed by atoms with Gasteiger partial charge in [-0.2, -0.15) is 0 Å². The smallest absolute Gasteiger partial charge is 0.384 e. The minimum absolute atomic E-state index is 0.0427. The van der Waals surface area contributed by atoms with Gasteiger partial charge in [0, 0.05) is 15.9 Å². The maximum atomic E-state index is 14.3. The first kappa shape index (κ1) is 33.2. The molecule has 0 aliphatic heterocycles. The van der Waals surface area contributed by atoms with Crippen LogP contribution >= 0.6 is 11.6 Å². The third-order valence-corrected chi connectivity index (χ3v) is 5.50. The van der Waals surface area contributed by atoms with Crippen LogP contribution < -0.4 is 16.0 Å². The van der Waals surface area contributed by atoms with Gasteiger partial charge in [0.2, 0.25) is 5.43 Å². The zero-order valence-corrected chi connectivity index (χ0v) is 22.1. The highest BCUT2D eigenvalue weighted by Crippen LogP contribution is 2.21. The van der Waals surface area contributed by atoms with Gasteiger partial charge >= 0.3 is 5.97 Å². The third kappa shape index (κ3) is 8.38. The van der Waals surface area contributed by atoms with Crippen molar-refractivity contribution in [3.63, 3.8) is 0 Å². The number of aliphatic hydroxyl groups excluding tert-OH is 1. The van der Waals surface area contributed by atoms with Gasteiger partial charge in [-0.05, 0) is 36.0 Å². The first-order valence-corrected chi connectivity index (χ1v) is 11.9. The number of hydrogen-bond donors (Lipinski definition) is 1. The summed E-state index contributed by atoms with van der Waals surface area (Å²) in [6.45, 7) is 14.0.